The molecule has 7 nitrogen and oxygen atoms in total. The summed E-state index contributed by atoms with van der Waals surface area (Å²) >= 11 is 0. The van der Waals surface area contributed by atoms with Crippen LogP contribution in [0.3, 0.4) is 0 Å². The van der Waals surface area contributed by atoms with Crippen molar-refractivity contribution >= 4 is 16.9 Å². The molecule has 4 aromatic rings. The molecule has 0 aliphatic heterocycles. The van der Waals surface area contributed by atoms with Gasteiger partial charge in [0.25, 0.3) is 0 Å². The van der Waals surface area contributed by atoms with E-state index in [1.54, 1.807) is 30.3 Å². The molecule has 0 amide bonds. The zero-order chi connectivity index (χ0) is 29.3. The van der Waals surface area contributed by atoms with Gasteiger partial charge >= 0.3 is 12.1 Å². The van der Waals surface area contributed by atoms with E-state index in [1.165, 1.54) is 35.3 Å². The molecule has 1 fully saturated rings. The highest BCUT2D eigenvalue weighted by molar-refractivity contribution is 5.84. The molecule has 0 radical (unpaired) electrons. The van der Waals surface area contributed by atoms with Crippen LogP contribution in [0.15, 0.2) is 70.1 Å². The number of carbonyl (C=O) groups excluding carboxylic acids is 1. The molecule has 2 heterocycles. The molecule has 2 aromatic carbocycles. The summed E-state index contributed by atoms with van der Waals surface area (Å²) < 4.78 is 60.3. The topological polar surface area (TPSA) is 83.6 Å². The number of para-hydroxylation sites is 1. The summed E-state index contributed by atoms with van der Waals surface area (Å²) in [5.74, 6) is -0.839. The Morgan fingerprint density at radius 3 is 2.61 bits per heavy atom. The summed E-state index contributed by atoms with van der Waals surface area (Å²) in [5.41, 5.74) is -1.21. The lowest BCUT2D eigenvalue weighted by molar-refractivity contribution is -0.158. The lowest BCUT2D eigenvalue weighted by Gasteiger charge is -2.36. The first-order valence-corrected chi connectivity index (χ1v) is 13.6. The number of hydrogen-bond acceptors (Lipinski definition) is 6. The summed E-state index contributed by atoms with van der Waals surface area (Å²) in [6.07, 6.45) is 0.238. The number of aromatic nitrogens is 2. The van der Waals surface area contributed by atoms with Crippen molar-refractivity contribution < 1.29 is 31.9 Å². The maximum absolute atomic E-state index is 14.1. The Kier molecular flexibility index (Phi) is 7.93. The fourth-order valence-corrected chi connectivity index (χ4v) is 5.49. The predicted octanol–water partition coefficient (Wildman–Crippen LogP) is 7.05. The van der Waals surface area contributed by atoms with Crippen LogP contribution in [-0.4, -0.2) is 28.5 Å². The molecule has 1 aliphatic carbocycles. The highest BCUT2D eigenvalue weighted by Gasteiger charge is 2.40. The number of ether oxygens (including phenoxy) is 2. The van der Waals surface area contributed by atoms with Crippen molar-refractivity contribution in [3.8, 4) is 22.6 Å². The molecule has 0 unspecified atom stereocenters. The van der Waals surface area contributed by atoms with Gasteiger partial charge in [-0.1, -0.05) is 45.4 Å². The molecule has 0 N–H and O–H groups in total. The Morgan fingerprint density at radius 1 is 1.15 bits per heavy atom. The minimum absolute atomic E-state index is 0.0309. The number of nitrogens with zero attached hydrogens (tertiary/aromatic N) is 2. The van der Waals surface area contributed by atoms with E-state index < -0.39 is 35.5 Å². The lowest BCUT2D eigenvalue weighted by Crippen LogP contribution is -2.36. The zero-order valence-corrected chi connectivity index (χ0v) is 23.0. The van der Waals surface area contributed by atoms with Crippen LogP contribution in [0.4, 0.5) is 13.2 Å². The van der Waals surface area contributed by atoms with Crippen LogP contribution in [0.1, 0.15) is 45.8 Å². The van der Waals surface area contributed by atoms with Gasteiger partial charge in [-0.25, -0.2) is 9.48 Å². The summed E-state index contributed by atoms with van der Waals surface area (Å²) in [4.78, 5) is 25.9. The molecule has 0 spiro atoms. The van der Waals surface area contributed by atoms with Crippen molar-refractivity contribution in [1.29, 1.82) is 0 Å². The maximum Gasteiger partial charge on any atom is 0.450 e. The average molecular weight is 569 g/mol. The quantitative estimate of drug-likeness (QED) is 0.222. The second kappa shape index (κ2) is 11.4. The molecule has 216 valence electrons. The summed E-state index contributed by atoms with van der Waals surface area (Å²) in [6.45, 7) is 5.93. The van der Waals surface area contributed by atoms with Gasteiger partial charge in [0.2, 0.25) is 11.2 Å². The van der Waals surface area contributed by atoms with E-state index in [0.717, 1.165) is 19.3 Å². The Morgan fingerprint density at radius 2 is 1.90 bits per heavy atom. The third-order valence-electron chi connectivity index (χ3n) is 7.61. The second-order valence-electron chi connectivity index (χ2n) is 10.9. The molecular weight excluding hydrogens is 537 g/mol. The SMILES string of the molecule is CC(C)[C@@H]1CC[C@@H](C)C[C@H]1OC(=O)COc1ccc2c(=O)c(-c3cnn(-c4ccccc4)c3)c(C(F)(F)F)oc2c1. The lowest BCUT2D eigenvalue weighted by atomic mass is 9.75. The van der Waals surface area contributed by atoms with Crippen molar-refractivity contribution in [1.82, 2.24) is 9.78 Å². The van der Waals surface area contributed by atoms with Crippen molar-refractivity contribution in [2.24, 2.45) is 17.8 Å². The fraction of sp³-hybridized carbons (Fsp3) is 0.387. The van der Waals surface area contributed by atoms with E-state index in [0.29, 0.717) is 17.5 Å². The molecule has 2 aromatic heterocycles. The first-order chi connectivity index (χ1) is 19.5. The molecular formula is C31H31F3N2O5. The molecule has 1 saturated carbocycles. The Balaban J connectivity index is 1.39. The third-order valence-corrected chi connectivity index (χ3v) is 7.61. The van der Waals surface area contributed by atoms with E-state index in [2.05, 4.69) is 25.9 Å². The fourth-order valence-electron chi connectivity index (χ4n) is 5.49. The highest BCUT2D eigenvalue weighted by atomic mass is 19.4. The second-order valence-corrected chi connectivity index (χ2v) is 10.9. The van der Waals surface area contributed by atoms with Crippen molar-refractivity contribution in [3.05, 3.63) is 76.9 Å². The average Bonchev–Trinajstić information content (AvgIpc) is 3.41. The van der Waals surface area contributed by atoms with E-state index in [-0.39, 0.29) is 34.3 Å². The molecule has 5 rings (SSSR count). The van der Waals surface area contributed by atoms with Crippen LogP contribution >= 0.6 is 0 Å². The van der Waals surface area contributed by atoms with Crippen LogP contribution in [-0.2, 0) is 15.7 Å². The number of benzene rings is 2. The number of esters is 1. The molecule has 41 heavy (non-hydrogen) atoms. The van der Waals surface area contributed by atoms with Crippen LogP contribution < -0.4 is 10.2 Å². The molecule has 10 heteroatoms. The number of rotatable bonds is 7. The number of alkyl halides is 3. The first-order valence-electron chi connectivity index (χ1n) is 13.6. The van der Waals surface area contributed by atoms with Gasteiger partial charge in [-0.15, -0.1) is 0 Å². The summed E-state index contributed by atoms with van der Waals surface area (Å²) in [6, 6.07) is 12.7. The smallest absolute Gasteiger partial charge is 0.450 e. The normalized spacial score (nSPS) is 19.4. The third kappa shape index (κ3) is 6.16. The van der Waals surface area contributed by atoms with Gasteiger partial charge < -0.3 is 13.9 Å². The van der Waals surface area contributed by atoms with E-state index in [9.17, 15) is 22.8 Å². The van der Waals surface area contributed by atoms with Gasteiger partial charge in [0.05, 0.1) is 22.8 Å². The molecule has 0 saturated heterocycles. The minimum Gasteiger partial charge on any atom is -0.482 e. The molecule has 1 aliphatic rings. The van der Waals surface area contributed by atoms with Gasteiger partial charge in [0.15, 0.2) is 6.61 Å². The van der Waals surface area contributed by atoms with Crippen LogP contribution in [0, 0.1) is 17.8 Å². The van der Waals surface area contributed by atoms with Gasteiger partial charge in [0.1, 0.15) is 17.4 Å². The predicted molar refractivity (Wildman–Crippen MR) is 147 cm³/mol. The van der Waals surface area contributed by atoms with Crippen molar-refractivity contribution in [2.75, 3.05) is 6.61 Å². The van der Waals surface area contributed by atoms with E-state index >= 15 is 0 Å². The van der Waals surface area contributed by atoms with Crippen LogP contribution in [0.25, 0.3) is 27.8 Å². The van der Waals surface area contributed by atoms with Crippen LogP contribution in [0.2, 0.25) is 0 Å². The molecule has 0 bridgehead atoms. The summed E-state index contributed by atoms with van der Waals surface area (Å²) in [5, 5.41) is 4.06. The Bertz CT molecular complexity index is 1590. The largest absolute Gasteiger partial charge is 0.482 e. The van der Waals surface area contributed by atoms with Crippen molar-refractivity contribution in [2.45, 2.75) is 52.3 Å². The Hall–Kier alpha value is -4.08. The summed E-state index contributed by atoms with van der Waals surface area (Å²) in [7, 11) is 0. The maximum atomic E-state index is 14.1. The monoisotopic (exact) mass is 568 g/mol. The van der Waals surface area contributed by atoms with Gasteiger partial charge in [-0.05, 0) is 54.9 Å². The van der Waals surface area contributed by atoms with E-state index in [1.807, 2.05) is 0 Å². The van der Waals surface area contributed by atoms with Gasteiger partial charge in [-0.3, -0.25) is 4.79 Å². The number of halogens is 3. The molecule has 3 atom stereocenters. The van der Waals surface area contributed by atoms with Gasteiger partial charge in [-0.2, -0.15) is 18.3 Å². The van der Waals surface area contributed by atoms with Gasteiger partial charge in [0, 0.05) is 17.8 Å². The van der Waals surface area contributed by atoms with E-state index in [4.69, 9.17) is 13.9 Å². The number of fused-ring (bicyclic) bond motifs is 1. The highest BCUT2D eigenvalue weighted by Crippen LogP contribution is 2.38. The first kappa shape index (κ1) is 28.4. The van der Waals surface area contributed by atoms with Crippen LogP contribution in [0.5, 0.6) is 5.75 Å². The zero-order valence-electron chi connectivity index (χ0n) is 23.0. The number of carbonyl (C=O) groups is 1. The minimum atomic E-state index is -4.96. The van der Waals surface area contributed by atoms with Crippen molar-refractivity contribution in [3.63, 3.8) is 0 Å². The Labute approximate surface area is 234 Å². The standard InChI is InChI=1S/C31H31F3N2O5/c1-18(2)23-11-9-19(3)13-25(23)40-27(37)17-39-22-10-12-24-26(14-22)41-30(31(32,33)34)28(29(24)38)20-15-35-36(16-20)21-7-5-4-6-8-21/h4-8,10,12,14-16,18-19,23,25H,9,11,13,17H2,1-3H3/t19-,23+,25-/m1/s1. The number of hydrogen-bond donors (Lipinski definition) is 0.